The summed E-state index contributed by atoms with van der Waals surface area (Å²) in [5, 5.41) is 0. The van der Waals surface area contributed by atoms with Gasteiger partial charge in [0, 0.05) is 0 Å². The minimum Gasteiger partial charge on any atom is -1.00 e. The van der Waals surface area contributed by atoms with Gasteiger partial charge in [0.15, 0.2) is 0 Å². The van der Waals surface area contributed by atoms with E-state index >= 15 is 0 Å². The van der Waals surface area contributed by atoms with Crippen molar-refractivity contribution in [3.8, 4) is 0 Å². The van der Waals surface area contributed by atoms with Crippen LogP contribution >= 0.6 is 0 Å². The van der Waals surface area contributed by atoms with Crippen molar-refractivity contribution in [2.75, 3.05) is 33.4 Å². The first-order chi connectivity index (χ1) is 8.21. The average Bonchev–Trinajstić information content (AvgIpc) is 2.69. The Morgan fingerprint density at radius 2 is 1.89 bits per heavy atom. The third-order valence-electron chi connectivity index (χ3n) is 3.72. The summed E-state index contributed by atoms with van der Waals surface area (Å²) in [5.41, 5.74) is 1.73. The van der Waals surface area contributed by atoms with E-state index in [0.29, 0.717) is 5.56 Å². The fourth-order valence-corrected chi connectivity index (χ4v) is 2.58. The number of hydrogen-bond donors (Lipinski definition) is 0. The number of ether oxygens (including phenoxy) is 2. The number of cyclic esters (lactones) is 1. The van der Waals surface area contributed by atoms with E-state index in [9.17, 15) is 4.79 Å². The maximum absolute atomic E-state index is 11.8. The molecule has 4 nitrogen and oxygen atoms in total. The fourth-order valence-electron chi connectivity index (χ4n) is 2.58. The summed E-state index contributed by atoms with van der Waals surface area (Å²) >= 11 is 0. The zero-order valence-corrected chi connectivity index (χ0v) is 11.9. The maximum Gasteiger partial charge on any atom is 0.343 e. The van der Waals surface area contributed by atoms with Crippen LogP contribution in [0.3, 0.4) is 0 Å². The van der Waals surface area contributed by atoms with E-state index in [1.807, 2.05) is 24.3 Å². The molecule has 1 aromatic rings. The van der Waals surface area contributed by atoms with Gasteiger partial charge in [-0.1, -0.05) is 12.1 Å². The predicted molar refractivity (Wildman–Crippen MR) is 61.3 cm³/mol. The molecule has 1 fully saturated rings. The normalized spacial score (nSPS) is 24.9. The minimum atomic E-state index is -0.198. The Morgan fingerprint density at radius 3 is 2.61 bits per heavy atom. The number of fused-ring (bicyclic) bond motifs is 1. The summed E-state index contributed by atoms with van der Waals surface area (Å²) in [6.07, 6.45) is -0.164. The SMILES string of the molecule is C[N+]1(C2OC(=O)c3ccccc32)CCOCC1.[Br-]. The largest absolute Gasteiger partial charge is 1.00 e. The van der Waals surface area contributed by atoms with Crippen LogP contribution in [0.15, 0.2) is 24.3 Å². The molecule has 0 amide bonds. The molecule has 2 heterocycles. The number of carbonyl (C=O) groups is 1. The minimum absolute atomic E-state index is 0. The smallest absolute Gasteiger partial charge is 0.343 e. The van der Waals surface area contributed by atoms with Crippen LogP contribution in [-0.4, -0.2) is 43.8 Å². The number of halogens is 1. The molecule has 18 heavy (non-hydrogen) atoms. The summed E-state index contributed by atoms with van der Waals surface area (Å²) in [6.45, 7) is 3.22. The van der Waals surface area contributed by atoms with Gasteiger partial charge in [0.05, 0.1) is 31.4 Å². The standard InChI is InChI=1S/C13H16NO3.BrH/c1-14(6-8-16-9-7-14)12-10-4-2-3-5-11(10)13(15)17-12;/h2-5,12H,6-9H2,1H3;1H/q+1;/p-1. The highest BCUT2D eigenvalue weighted by atomic mass is 79.9. The molecule has 0 aromatic heterocycles. The van der Waals surface area contributed by atoms with E-state index in [4.69, 9.17) is 9.47 Å². The summed E-state index contributed by atoms with van der Waals surface area (Å²) in [5.74, 6) is -0.198. The van der Waals surface area contributed by atoms with Crippen LogP contribution in [-0.2, 0) is 9.47 Å². The Bertz CT molecular complexity index is 457. The molecule has 0 saturated carbocycles. The van der Waals surface area contributed by atoms with Gasteiger partial charge in [-0.05, 0) is 12.1 Å². The highest BCUT2D eigenvalue weighted by molar-refractivity contribution is 5.93. The molecule has 0 spiro atoms. The molecule has 0 aliphatic carbocycles. The first kappa shape index (κ1) is 13.5. The van der Waals surface area contributed by atoms with Gasteiger partial charge in [0.2, 0.25) is 0 Å². The number of rotatable bonds is 1. The highest BCUT2D eigenvalue weighted by Gasteiger charge is 2.44. The summed E-state index contributed by atoms with van der Waals surface area (Å²) in [6, 6.07) is 7.66. The zero-order valence-electron chi connectivity index (χ0n) is 10.3. The lowest BCUT2D eigenvalue weighted by molar-refractivity contribution is -0.964. The Kier molecular flexibility index (Phi) is 3.75. The molecule has 2 aliphatic rings. The molecule has 5 heteroatoms. The van der Waals surface area contributed by atoms with Crippen LogP contribution in [0.2, 0.25) is 0 Å². The van der Waals surface area contributed by atoms with Crippen molar-refractivity contribution in [2.45, 2.75) is 6.23 Å². The number of morpholine rings is 1. The van der Waals surface area contributed by atoms with Crippen LogP contribution in [0.25, 0.3) is 0 Å². The van der Waals surface area contributed by atoms with Gasteiger partial charge in [-0.2, -0.15) is 0 Å². The Labute approximate surface area is 117 Å². The summed E-state index contributed by atoms with van der Waals surface area (Å²) in [7, 11) is 2.13. The Morgan fingerprint density at radius 1 is 1.22 bits per heavy atom. The molecule has 98 valence electrons. The second-order valence-electron chi connectivity index (χ2n) is 4.88. The van der Waals surface area contributed by atoms with E-state index in [-0.39, 0.29) is 29.2 Å². The monoisotopic (exact) mass is 313 g/mol. The first-order valence-electron chi connectivity index (χ1n) is 5.93. The molecule has 0 radical (unpaired) electrons. The van der Waals surface area contributed by atoms with Crippen molar-refractivity contribution < 1.29 is 35.7 Å². The van der Waals surface area contributed by atoms with Crippen LogP contribution in [0.1, 0.15) is 22.1 Å². The van der Waals surface area contributed by atoms with E-state index in [0.717, 1.165) is 36.3 Å². The number of nitrogens with zero attached hydrogens (tertiary/aromatic N) is 1. The average molecular weight is 314 g/mol. The molecule has 0 N–H and O–H groups in total. The molecular formula is C13H16BrNO3. The van der Waals surface area contributed by atoms with Crippen molar-refractivity contribution in [1.29, 1.82) is 0 Å². The number of quaternary nitrogens is 1. The summed E-state index contributed by atoms with van der Waals surface area (Å²) in [4.78, 5) is 11.8. The molecule has 1 unspecified atom stereocenters. The first-order valence-corrected chi connectivity index (χ1v) is 5.93. The Hall–Kier alpha value is -0.910. The summed E-state index contributed by atoms with van der Waals surface area (Å²) < 4.78 is 11.7. The van der Waals surface area contributed by atoms with E-state index in [2.05, 4.69) is 7.05 Å². The van der Waals surface area contributed by atoms with Gasteiger partial charge in [0.1, 0.15) is 13.1 Å². The van der Waals surface area contributed by atoms with Crippen LogP contribution in [0.4, 0.5) is 0 Å². The third-order valence-corrected chi connectivity index (χ3v) is 3.72. The number of benzene rings is 1. The lowest BCUT2D eigenvalue weighted by atomic mass is 10.1. The fraction of sp³-hybridized carbons (Fsp3) is 0.462. The van der Waals surface area contributed by atoms with Crippen LogP contribution < -0.4 is 17.0 Å². The third kappa shape index (κ3) is 2.06. The zero-order chi connectivity index (χ0) is 11.9. The van der Waals surface area contributed by atoms with Crippen molar-refractivity contribution in [2.24, 2.45) is 0 Å². The van der Waals surface area contributed by atoms with Crippen molar-refractivity contribution in [3.63, 3.8) is 0 Å². The van der Waals surface area contributed by atoms with Crippen LogP contribution in [0.5, 0.6) is 0 Å². The predicted octanol–water partition coefficient (Wildman–Crippen LogP) is -1.66. The second-order valence-corrected chi connectivity index (χ2v) is 4.88. The topological polar surface area (TPSA) is 35.5 Å². The van der Waals surface area contributed by atoms with E-state index in [1.165, 1.54) is 0 Å². The van der Waals surface area contributed by atoms with Crippen molar-refractivity contribution in [1.82, 2.24) is 0 Å². The quantitative estimate of drug-likeness (QED) is 0.460. The van der Waals surface area contributed by atoms with Gasteiger partial charge in [-0.15, -0.1) is 0 Å². The number of esters is 1. The lowest BCUT2D eigenvalue weighted by Crippen LogP contribution is -3.00. The maximum atomic E-state index is 11.8. The van der Waals surface area contributed by atoms with Gasteiger partial charge in [-0.25, -0.2) is 4.79 Å². The van der Waals surface area contributed by atoms with Gasteiger partial charge < -0.3 is 26.5 Å². The van der Waals surface area contributed by atoms with Crippen molar-refractivity contribution >= 4 is 5.97 Å². The van der Waals surface area contributed by atoms with Crippen molar-refractivity contribution in [3.05, 3.63) is 35.4 Å². The number of hydrogen-bond acceptors (Lipinski definition) is 3. The van der Waals surface area contributed by atoms with Gasteiger partial charge in [-0.3, -0.25) is 4.48 Å². The van der Waals surface area contributed by atoms with E-state index in [1.54, 1.807) is 0 Å². The Balaban J connectivity index is 0.00000120. The van der Waals surface area contributed by atoms with Gasteiger partial charge >= 0.3 is 5.97 Å². The van der Waals surface area contributed by atoms with Gasteiger partial charge in [0.25, 0.3) is 6.23 Å². The second kappa shape index (κ2) is 4.99. The molecular weight excluding hydrogens is 298 g/mol. The van der Waals surface area contributed by atoms with Crippen LogP contribution in [0, 0.1) is 0 Å². The number of carbonyl (C=O) groups excluding carboxylic acids is 1. The highest BCUT2D eigenvalue weighted by Crippen LogP contribution is 2.37. The molecule has 0 bridgehead atoms. The molecule has 3 rings (SSSR count). The molecule has 2 aliphatic heterocycles. The lowest BCUT2D eigenvalue weighted by Gasteiger charge is -2.40. The van der Waals surface area contributed by atoms with E-state index < -0.39 is 0 Å². The molecule has 1 saturated heterocycles. The molecule has 1 aromatic carbocycles. The molecule has 1 atom stereocenters. The number of likely N-dealkylation sites (N-methyl/N-ethyl adjacent to an activating group) is 1.